The molecule has 2 rings (SSSR count). The highest BCUT2D eigenvalue weighted by atomic mass is 35.5. The lowest BCUT2D eigenvalue weighted by molar-refractivity contribution is 0.0511. The van der Waals surface area contributed by atoms with Crippen molar-refractivity contribution < 1.29 is 14.2 Å². The number of ether oxygens (including phenoxy) is 3. The number of rotatable bonds is 5. The quantitative estimate of drug-likeness (QED) is 0.670. The molecule has 0 heterocycles. The summed E-state index contributed by atoms with van der Waals surface area (Å²) in [6, 6.07) is 12.3. The van der Waals surface area contributed by atoms with E-state index in [2.05, 4.69) is 0 Å². The monoisotopic (exact) mass is 279 g/mol. The molecule has 19 heavy (non-hydrogen) atoms. The van der Waals surface area contributed by atoms with Crippen molar-refractivity contribution in [2.24, 2.45) is 0 Å². The number of benzene rings is 2. The van der Waals surface area contributed by atoms with Gasteiger partial charge < -0.3 is 19.9 Å². The van der Waals surface area contributed by atoms with Crippen LogP contribution in [0.5, 0.6) is 17.2 Å². The number of anilines is 1. The third-order valence-electron chi connectivity index (χ3n) is 2.37. The van der Waals surface area contributed by atoms with Gasteiger partial charge in [-0.3, -0.25) is 0 Å². The molecule has 5 heteroatoms. The normalized spacial score (nSPS) is 10.2. The Hall–Kier alpha value is -1.91. The van der Waals surface area contributed by atoms with Crippen molar-refractivity contribution >= 4 is 17.3 Å². The first-order chi connectivity index (χ1) is 9.19. The molecule has 0 aliphatic heterocycles. The van der Waals surface area contributed by atoms with Gasteiger partial charge in [-0.2, -0.15) is 0 Å². The van der Waals surface area contributed by atoms with Crippen molar-refractivity contribution in [2.75, 3.05) is 19.6 Å². The van der Waals surface area contributed by atoms with Crippen molar-refractivity contribution in [3.8, 4) is 17.2 Å². The van der Waals surface area contributed by atoms with Crippen LogP contribution in [-0.2, 0) is 4.74 Å². The Balaban J connectivity index is 2.10. The summed E-state index contributed by atoms with van der Waals surface area (Å²) in [6.07, 6.45) is 0. The van der Waals surface area contributed by atoms with E-state index in [9.17, 15) is 0 Å². The summed E-state index contributed by atoms with van der Waals surface area (Å²) in [5.41, 5.74) is 6.39. The van der Waals surface area contributed by atoms with Crippen LogP contribution in [0.3, 0.4) is 0 Å². The van der Waals surface area contributed by atoms with Gasteiger partial charge in [0, 0.05) is 18.2 Å². The minimum Gasteiger partial charge on any atom is -0.467 e. The smallest absolute Gasteiger partial charge is 0.188 e. The first-order valence-electron chi connectivity index (χ1n) is 5.64. The van der Waals surface area contributed by atoms with E-state index in [1.807, 2.05) is 0 Å². The molecule has 2 N–H and O–H groups in total. The lowest BCUT2D eigenvalue weighted by Gasteiger charge is -2.10. The minimum absolute atomic E-state index is 0.177. The summed E-state index contributed by atoms with van der Waals surface area (Å²) >= 11 is 5.81. The zero-order valence-corrected chi connectivity index (χ0v) is 11.2. The van der Waals surface area contributed by atoms with Gasteiger partial charge in [0.25, 0.3) is 0 Å². The fourth-order valence-electron chi connectivity index (χ4n) is 1.47. The second kappa shape index (κ2) is 6.31. The van der Waals surface area contributed by atoms with E-state index in [4.69, 9.17) is 31.5 Å². The molecule has 0 aromatic heterocycles. The average molecular weight is 280 g/mol. The molecule has 4 nitrogen and oxygen atoms in total. The molecule has 0 aliphatic rings. The number of halogens is 1. The van der Waals surface area contributed by atoms with Gasteiger partial charge >= 0.3 is 0 Å². The SMILES string of the molecule is COCOc1ccc(Oc2ccc(Cl)cc2)c(N)c1. The van der Waals surface area contributed by atoms with Crippen molar-refractivity contribution in [1.29, 1.82) is 0 Å². The molecule has 0 bridgehead atoms. The predicted octanol–water partition coefficient (Wildman–Crippen LogP) is 3.70. The highest BCUT2D eigenvalue weighted by Crippen LogP contribution is 2.31. The van der Waals surface area contributed by atoms with Crippen molar-refractivity contribution in [3.63, 3.8) is 0 Å². The lowest BCUT2D eigenvalue weighted by atomic mass is 10.2. The molecule has 0 saturated heterocycles. The van der Waals surface area contributed by atoms with E-state index in [0.717, 1.165) is 0 Å². The summed E-state index contributed by atoms with van der Waals surface area (Å²) in [5.74, 6) is 1.86. The molecule has 2 aromatic carbocycles. The highest BCUT2D eigenvalue weighted by molar-refractivity contribution is 6.30. The van der Waals surface area contributed by atoms with Crippen LogP contribution < -0.4 is 15.2 Å². The second-order valence-electron chi connectivity index (χ2n) is 3.81. The standard InChI is InChI=1S/C14H14ClNO3/c1-17-9-18-12-6-7-14(13(16)8-12)19-11-4-2-10(15)3-5-11/h2-8H,9,16H2,1H3. The maximum atomic E-state index is 5.90. The van der Waals surface area contributed by atoms with Crippen LogP contribution in [0, 0.1) is 0 Å². The zero-order valence-electron chi connectivity index (χ0n) is 10.4. The summed E-state index contributed by atoms with van der Waals surface area (Å²) in [6.45, 7) is 0.177. The van der Waals surface area contributed by atoms with E-state index in [-0.39, 0.29) is 6.79 Å². The van der Waals surface area contributed by atoms with E-state index < -0.39 is 0 Å². The maximum absolute atomic E-state index is 5.90. The lowest BCUT2D eigenvalue weighted by Crippen LogP contribution is -2.00. The van der Waals surface area contributed by atoms with Crippen LogP contribution in [0.25, 0.3) is 0 Å². The van der Waals surface area contributed by atoms with Gasteiger partial charge in [0.05, 0.1) is 5.69 Å². The first-order valence-corrected chi connectivity index (χ1v) is 6.01. The Kier molecular flexibility index (Phi) is 4.49. The summed E-state index contributed by atoms with van der Waals surface area (Å²) < 4.78 is 15.8. The van der Waals surface area contributed by atoms with Crippen LogP contribution in [0.4, 0.5) is 5.69 Å². The number of hydrogen-bond acceptors (Lipinski definition) is 4. The van der Waals surface area contributed by atoms with Gasteiger partial charge in [0.1, 0.15) is 11.5 Å². The molecule has 0 saturated carbocycles. The van der Waals surface area contributed by atoms with Crippen molar-refractivity contribution in [3.05, 3.63) is 47.5 Å². The van der Waals surface area contributed by atoms with Gasteiger partial charge in [-0.05, 0) is 36.4 Å². The number of nitrogen functional groups attached to an aromatic ring is 1. The van der Waals surface area contributed by atoms with Gasteiger partial charge in [-0.1, -0.05) is 11.6 Å². The summed E-state index contributed by atoms with van der Waals surface area (Å²) in [4.78, 5) is 0. The molecule has 0 spiro atoms. The molecule has 0 amide bonds. The molecular formula is C14H14ClNO3. The van der Waals surface area contributed by atoms with Crippen LogP contribution in [0.15, 0.2) is 42.5 Å². The third kappa shape index (κ3) is 3.77. The summed E-state index contributed by atoms with van der Waals surface area (Å²) in [7, 11) is 1.56. The van der Waals surface area contributed by atoms with E-state index in [1.54, 1.807) is 49.6 Å². The molecule has 2 aromatic rings. The zero-order chi connectivity index (χ0) is 13.7. The molecule has 0 unspecified atom stereocenters. The number of nitrogens with two attached hydrogens (primary N) is 1. The second-order valence-corrected chi connectivity index (χ2v) is 4.24. The fourth-order valence-corrected chi connectivity index (χ4v) is 1.59. The molecule has 0 atom stereocenters. The van der Waals surface area contributed by atoms with Crippen LogP contribution in [-0.4, -0.2) is 13.9 Å². The van der Waals surface area contributed by atoms with Crippen LogP contribution >= 0.6 is 11.6 Å². The number of methoxy groups -OCH3 is 1. The molecule has 0 radical (unpaired) electrons. The van der Waals surface area contributed by atoms with Crippen LogP contribution in [0.1, 0.15) is 0 Å². The fraction of sp³-hybridized carbons (Fsp3) is 0.143. The van der Waals surface area contributed by atoms with Crippen molar-refractivity contribution in [1.82, 2.24) is 0 Å². The molecule has 0 aliphatic carbocycles. The Morgan fingerprint density at radius 1 is 1.05 bits per heavy atom. The average Bonchev–Trinajstić information content (AvgIpc) is 2.41. The van der Waals surface area contributed by atoms with Crippen molar-refractivity contribution in [2.45, 2.75) is 0 Å². The van der Waals surface area contributed by atoms with E-state index in [1.165, 1.54) is 0 Å². The summed E-state index contributed by atoms with van der Waals surface area (Å²) in [5, 5.41) is 0.656. The topological polar surface area (TPSA) is 53.7 Å². The highest BCUT2D eigenvalue weighted by Gasteiger charge is 2.04. The molecule has 0 fully saturated rings. The van der Waals surface area contributed by atoms with Gasteiger partial charge in [-0.25, -0.2) is 0 Å². The molecular weight excluding hydrogens is 266 g/mol. The van der Waals surface area contributed by atoms with Gasteiger partial charge in [0.2, 0.25) is 0 Å². The Bertz CT molecular complexity index is 543. The maximum Gasteiger partial charge on any atom is 0.188 e. The Morgan fingerprint density at radius 3 is 2.37 bits per heavy atom. The van der Waals surface area contributed by atoms with E-state index in [0.29, 0.717) is 28.0 Å². The Labute approximate surface area is 116 Å². The van der Waals surface area contributed by atoms with Gasteiger partial charge in [-0.15, -0.1) is 0 Å². The number of hydrogen-bond donors (Lipinski definition) is 1. The minimum atomic E-state index is 0.177. The largest absolute Gasteiger partial charge is 0.467 e. The van der Waals surface area contributed by atoms with Gasteiger partial charge in [0.15, 0.2) is 12.5 Å². The third-order valence-corrected chi connectivity index (χ3v) is 2.62. The predicted molar refractivity (Wildman–Crippen MR) is 74.9 cm³/mol. The van der Waals surface area contributed by atoms with Crippen LogP contribution in [0.2, 0.25) is 5.02 Å². The molecule has 100 valence electrons. The van der Waals surface area contributed by atoms with E-state index >= 15 is 0 Å². The first kappa shape index (κ1) is 13.5. The Morgan fingerprint density at radius 2 is 1.74 bits per heavy atom.